The molecule has 0 aromatic carbocycles. The van der Waals surface area contributed by atoms with Gasteiger partial charge in [-0.3, -0.25) is 0 Å². The van der Waals surface area contributed by atoms with E-state index in [1.807, 2.05) is 0 Å². The standard InChI is InChI=1S/C5H5.5CH3.3ClH.Ti/c1-2-4-5-3-1;;;;;;;;;/h1-3H,4H2;5*1H3;3*1H;. The van der Waals surface area contributed by atoms with Crippen molar-refractivity contribution in [2.75, 3.05) is 0 Å². The molecule has 0 bridgehead atoms. The molecule has 0 amide bonds. The third-order valence-electron chi connectivity index (χ3n) is 2.38. The molecule has 0 spiro atoms. The van der Waals surface area contributed by atoms with Crippen molar-refractivity contribution < 1.29 is 14.0 Å². The van der Waals surface area contributed by atoms with Crippen molar-refractivity contribution in [1.82, 2.24) is 0 Å². The van der Waals surface area contributed by atoms with Crippen LogP contribution in [0.3, 0.4) is 0 Å². The second-order valence-corrected chi connectivity index (χ2v) is 28.1. The van der Waals surface area contributed by atoms with Crippen LogP contribution in [0.5, 0.6) is 0 Å². The maximum absolute atomic E-state index is 2.61. The van der Waals surface area contributed by atoms with Crippen LogP contribution in [-0.4, -0.2) is 0 Å². The zero-order chi connectivity index (χ0) is 8.81. The van der Waals surface area contributed by atoms with Gasteiger partial charge in [-0.25, -0.2) is 0 Å². The topological polar surface area (TPSA) is 0 Å². The van der Waals surface area contributed by atoms with Crippen molar-refractivity contribution in [3.05, 3.63) is 22.1 Å². The van der Waals surface area contributed by atoms with Crippen LogP contribution in [0.4, 0.5) is 0 Å². The summed E-state index contributed by atoms with van der Waals surface area (Å²) in [6, 6.07) is 0. The molecule has 0 nitrogen and oxygen atoms in total. The molecule has 0 N–H and O–H groups in total. The Kier molecular flexibility index (Phi) is 6.60. The van der Waals surface area contributed by atoms with Gasteiger partial charge in [0.05, 0.1) is 0 Å². The first-order chi connectivity index (χ1) is 4.59. The van der Waals surface area contributed by atoms with Crippen molar-refractivity contribution in [3.63, 3.8) is 0 Å². The van der Waals surface area contributed by atoms with Crippen molar-refractivity contribution in [2.24, 2.45) is 0 Å². The molecule has 0 atom stereocenters. The first-order valence-electron chi connectivity index (χ1n) is 4.47. The first kappa shape index (κ1) is 20.5. The Labute approximate surface area is 105 Å². The van der Waals surface area contributed by atoms with E-state index in [9.17, 15) is 0 Å². The maximum atomic E-state index is 2.48. The van der Waals surface area contributed by atoms with E-state index in [4.69, 9.17) is 0 Å². The van der Waals surface area contributed by atoms with Crippen LogP contribution in [0.1, 0.15) is 6.42 Å². The zero-order valence-electron chi connectivity index (χ0n) is 9.66. The Morgan fingerprint density at radius 1 is 0.929 bits per heavy atom. The van der Waals surface area contributed by atoms with E-state index in [1.54, 1.807) is 3.88 Å². The van der Waals surface area contributed by atoms with Gasteiger partial charge >= 0.3 is 68.7 Å². The Balaban J connectivity index is -0.000000403. The molecular formula is C10H23Cl3Ti. The second-order valence-electron chi connectivity index (χ2n) is 7.57. The van der Waals surface area contributed by atoms with E-state index >= 15 is 0 Å². The molecule has 0 fully saturated rings. The van der Waals surface area contributed by atoms with Crippen LogP contribution in [0.15, 0.2) is 22.1 Å². The average Bonchev–Trinajstić information content (AvgIpc) is 2.01. The molecule has 1 aliphatic rings. The average molecular weight is 298 g/mol. The summed E-state index contributed by atoms with van der Waals surface area (Å²) in [7, 11) is 0. The van der Waals surface area contributed by atoms with Gasteiger partial charge < -0.3 is 0 Å². The fourth-order valence-electron chi connectivity index (χ4n) is 1.37. The molecule has 0 radical (unpaired) electrons. The number of halogens is 3. The second kappa shape index (κ2) is 4.51. The summed E-state index contributed by atoms with van der Waals surface area (Å²) >= 11 is -2.61. The van der Waals surface area contributed by atoms with Crippen LogP contribution < -0.4 is 0 Å². The molecule has 0 heterocycles. The van der Waals surface area contributed by atoms with Crippen LogP contribution in [0.25, 0.3) is 0 Å². The Hall–Kier alpha value is 1.06. The van der Waals surface area contributed by atoms with Gasteiger partial charge in [0.2, 0.25) is 0 Å². The molecule has 1 aliphatic carbocycles. The third kappa shape index (κ3) is 5.83. The summed E-state index contributed by atoms with van der Waals surface area (Å²) in [5.74, 6) is 0. The van der Waals surface area contributed by atoms with Gasteiger partial charge in [-0.05, 0) is 0 Å². The van der Waals surface area contributed by atoms with Crippen molar-refractivity contribution in [1.29, 1.82) is 0 Å². The minimum atomic E-state index is -2.61. The molecule has 0 saturated carbocycles. The number of allylic oxidation sites excluding steroid dienone is 4. The van der Waals surface area contributed by atoms with E-state index in [-0.39, 0.29) is 37.2 Å². The van der Waals surface area contributed by atoms with E-state index in [0.29, 0.717) is 0 Å². The van der Waals surface area contributed by atoms with Gasteiger partial charge in [-0.15, -0.1) is 37.2 Å². The molecule has 14 heavy (non-hydrogen) atoms. The number of hydrogen-bond acceptors (Lipinski definition) is 0. The van der Waals surface area contributed by atoms with Crippen LogP contribution in [-0.2, 0) is 14.0 Å². The summed E-state index contributed by atoms with van der Waals surface area (Å²) in [6.45, 7) is 0. The van der Waals surface area contributed by atoms with Gasteiger partial charge in [-0.2, -0.15) is 0 Å². The number of hydrogen-bond donors (Lipinski definition) is 0. The van der Waals surface area contributed by atoms with E-state index in [1.165, 1.54) is 6.42 Å². The van der Waals surface area contributed by atoms with E-state index in [0.717, 1.165) is 0 Å². The fraction of sp³-hybridized carbons (Fsp3) is 0.600. The molecular weight excluding hydrogens is 274 g/mol. The first-order valence-corrected chi connectivity index (χ1v) is 13.1. The predicted octanol–water partition coefficient (Wildman–Crippen LogP) is 5.56. The SMILES string of the molecule is Cl.Cl.Cl.[CH3][Ti]([CH3])([CH3])([CH3])([CH3])[C]1=CC=CC1. The molecule has 88 valence electrons. The van der Waals surface area contributed by atoms with Gasteiger partial charge in [-0.1, -0.05) is 0 Å². The Bertz CT molecular complexity index is 242. The molecule has 0 aromatic heterocycles. The summed E-state index contributed by atoms with van der Waals surface area (Å²) in [4.78, 5) is 0. The normalized spacial score (nSPS) is 19.1. The minimum absolute atomic E-state index is 0. The predicted molar refractivity (Wildman–Crippen MR) is 72.9 cm³/mol. The van der Waals surface area contributed by atoms with Gasteiger partial charge in [0.15, 0.2) is 0 Å². The van der Waals surface area contributed by atoms with Gasteiger partial charge in [0, 0.05) is 0 Å². The molecule has 1 rings (SSSR count). The van der Waals surface area contributed by atoms with Gasteiger partial charge in [0.25, 0.3) is 0 Å². The summed E-state index contributed by atoms with van der Waals surface area (Å²) < 4.78 is 1.70. The van der Waals surface area contributed by atoms with Crippen molar-refractivity contribution in [3.8, 4) is 0 Å². The number of rotatable bonds is 1. The van der Waals surface area contributed by atoms with E-state index < -0.39 is 14.0 Å². The third-order valence-corrected chi connectivity index (χ3v) is 7.97. The molecule has 0 aromatic rings. The quantitative estimate of drug-likeness (QED) is 0.556. The summed E-state index contributed by atoms with van der Waals surface area (Å²) in [5, 5.41) is 12.4. The van der Waals surface area contributed by atoms with Crippen molar-refractivity contribution in [2.45, 2.75) is 32.6 Å². The van der Waals surface area contributed by atoms with Crippen molar-refractivity contribution >= 4 is 37.2 Å². The molecule has 4 heteroatoms. The fourth-order valence-corrected chi connectivity index (χ4v) is 4.60. The molecule has 0 aliphatic heterocycles. The van der Waals surface area contributed by atoms with Crippen LogP contribution in [0, 0.1) is 0 Å². The molecule has 0 saturated heterocycles. The Morgan fingerprint density at radius 2 is 1.36 bits per heavy atom. The summed E-state index contributed by atoms with van der Waals surface area (Å²) in [5.41, 5.74) is 0. The molecule has 0 unspecified atom stereocenters. The van der Waals surface area contributed by atoms with Crippen LogP contribution >= 0.6 is 37.2 Å². The zero-order valence-corrected chi connectivity index (χ0v) is 13.7. The summed E-state index contributed by atoms with van der Waals surface area (Å²) in [6.07, 6.45) is 7.98. The van der Waals surface area contributed by atoms with E-state index in [2.05, 4.69) is 44.4 Å². The monoisotopic (exact) mass is 296 g/mol. The Morgan fingerprint density at radius 3 is 1.50 bits per heavy atom. The van der Waals surface area contributed by atoms with Gasteiger partial charge in [0.1, 0.15) is 0 Å². The van der Waals surface area contributed by atoms with Crippen LogP contribution in [0.2, 0.25) is 26.1 Å².